The first kappa shape index (κ1) is 19.2. The molecule has 0 fully saturated rings. The van der Waals surface area contributed by atoms with Crippen LogP contribution in [0.3, 0.4) is 0 Å². The second-order valence-electron chi connectivity index (χ2n) is 6.01. The quantitative estimate of drug-likeness (QED) is 0.579. The molecule has 0 atom stereocenters. The molecule has 0 saturated carbocycles. The number of pyridine rings is 1. The average molecular weight is 428 g/mol. The van der Waals surface area contributed by atoms with Gasteiger partial charge >= 0.3 is 0 Å². The number of fused-ring (bicyclic) bond motifs is 1. The van der Waals surface area contributed by atoms with E-state index in [4.69, 9.17) is 9.47 Å². The minimum Gasteiger partial charge on any atom is -0.454 e. The summed E-state index contributed by atoms with van der Waals surface area (Å²) in [6.45, 7) is 2.03. The van der Waals surface area contributed by atoms with Gasteiger partial charge in [-0.3, -0.25) is 14.9 Å². The highest BCUT2D eigenvalue weighted by Crippen LogP contribution is 2.34. The first-order chi connectivity index (χ1) is 14.1. The number of thioether (sulfide) groups is 1. The fourth-order valence-electron chi connectivity index (χ4n) is 2.56. The number of amides is 2. The van der Waals surface area contributed by atoms with Crippen LogP contribution < -0.4 is 20.1 Å². The van der Waals surface area contributed by atoms with Crippen LogP contribution in [-0.2, 0) is 4.79 Å². The van der Waals surface area contributed by atoms with Crippen molar-refractivity contribution in [3.63, 3.8) is 0 Å². The monoisotopic (exact) mass is 428 g/mol. The molecule has 8 nitrogen and oxygen atoms in total. The van der Waals surface area contributed by atoms with Gasteiger partial charge in [0.1, 0.15) is 5.03 Å². The van der Waals surface area contributed by atoms with Crippen molar-refractivity contribution in [3.05, 3.63) is 53.2 Å². The molecule has 1 aromatic carbocycles. The molecule has 3 heterocycles. The predicted molar refractivity (Wildman–Crippen MR) is 111 cm³/mol. The molecule has 1 aliphatic rings. The Kier molecular flexibility index (Phi) is 5.63. The van der Waals surface area contributed by atoms with E-state index >= 15 is 0 Å². The highest BCUT2D eigenvalue weighted by atomic mass is 32.2. The number of carbonyl (C=O) groups is 2. The van der Waals surface area contributed by atoms with Crippen LogP contribution in [-0.4, -0.2) is 34.3 Å². The molecule has 1 aliphatic heterocycles. The van der Waals surface area contributed by atoms with Gasteiger partial charge < -0.3 is 14.8 Å². The second kappa shape index (κ2) is 8.50. The maximum Gasteiger partial charge on any atom is 0.260 e. The molecular formula is C19H16N4O4S2. The van der Waals surface area contributed by atoms with Crippen molar-refractivity contribution in [2.45, 2.75) is 11.9 Å². The molecule has 0 aliphatic carbocycles. The first-order valence-corrected chi connectivity index (χ1v) is 10.5. The largest absolute Gasteiger partial charge is 0.454 e. The van der Waals surface area contributed by atoms with E-state index in [0.29, 0.717) is 32.9 Å². The lowest BCUT2D eigenvalue weighted by atomic mass is 10.3. The van der Waals surface area contributed by atoms with Crippen molar-refractivity contribution in [1.29, 1.82) is 0 Å². The average Bonchev–Trinajstić information content (AvgIpc) is 3.34. The van der Waals surface area contributed by atoms with Crippen LogP contribution in [0.1, 0.15) is 16.1 Å². The Labute approximate surface area is 174 Å². The van der Waals surface area contributed by atoms with Crippen LogP contribution in [0, 0.1) is 6.92 Å². The predicted octanol–water partition coefficient (Wildman–Crippen LogP) is 3.56. The standard InChI is InChI=1S/C19H16N4O4S2/c1-11-8-29-19(21-11)23-17(25)13-3-2-6-20-18(13)28-9-16(24)22-12-4-5-14-15(7-12)27-10-26-14/h2-8H,9-10H2,1H3,(H,22,24)(H,21,23,25). The minimum atomic E-state index is -0.314. The molecule has 3 aromatic rings. The number of hydrogen-bond acceptors (Lipinski definition) is 8. The molecule has 0 spiro atoms. The highest BCUT2D eigenvalue weighted by molar-refractivity contribution is 8.00. The van der Waals surface area contributed by atoms with E-state index in [9.17, 15) is 9.59 Å². The van der Waals surface area contributed by atoms with Gasteiger partial charge in [-0.1, -0.05) is 11.8 Å². The van der Waals surface area contributed by atoms with E-state index in [1.165, 1.54) is 23.1 Å². The van der Waals surface area contributed by atoms with E-state index in [1.54, 1.807) is 36.5 Å². The molecule has 0 bridgehead atoms. The van der Waals surface area contributed by atoms with Crippen LogP contribution >= 0.6 is 23.1 Å². The molecule has 2 amide bonds. The lowest BCUT2D eigenvalue weighted by molar-refractivity contribution is -0.113. The third kappa shape index (κ3) is 4.66. The third-order valence-corrected chi connectivity index (χ3v) is 5.73. The zero-order valence-corrected chi connectivity index (χ0v) is 16.9. The van der Waals surface area contributed by atoms with Gasteiger partial charge in [-0.15, -0.1) is 11.3 Å². The summed E-state index contributed by atoms with van der Waals surface area (Å²) in [5, 5.41) is 8.41. The van der Waals surface area contributed by atoms with Gasteiger partial charge in [-0.05, 0) is 31.2 Å². The molecule has 10 heteroatoms. The summed E-state index contributed by atoms with van der Waals surface area (Å²) in [5.41, 5.74) is 1.84. The lowest BCUT2D eigenvalue weighted by Crippen LogP contribution is -2.16. The van der Waals surface area contributed by atoms with Gasteiger partial charge in [0.05, 0.1) is 17.0 Å². The summed E-state index contributed by atoms with van der Waals surface area (Å²) in [6, 6.07) is 8.54. The van der Waals surface area contributed by atoms with Crippen molar-refractivity contribution in [3.8, 4) is 11.5 Å². The summed E-state index contributed by atoms with van der Waals surface area (Å²) < 4.78 is 10.6. The van der Waals surface area contributed by atoms with E-state index in [2.05, 4.69) is 20.6 Å². The Hall–Kier alpha value is -3.11. The molecule has 0 saturated heterocycles. The summed E-state index contributed by atoms with van der Waals surface area (Å²) in [7, 11) is 0. The molecular weight excluding hydrogens is 412 g/mol. The molecule has 4 rings (SSSR count). The Balaban J connectivity index is 1.38. The number of rotatable bonds is 6. The number of carbonyl (C=O) groups excluding carboxylic acids is 2. The molecule has 148 valence electrons. The fourth-order valence-corrected chi connectivity index (χ4v) is 4.03. The number of aromatic nitrogens is 2. The van der Waals surface area contributed by atoms with E-state index in [1.807, 2.05) is 12.3 Å². The summed E-state index contributed by atoms with van der Waals surface area (Å²) >= 11 is 2.54. The maximum absolute atomic E-state index is 12.6. The topological polar surface area (TPSA) is 102 Å². The van der Waals surface area contributed by atoms with Crippen molar-refractivity contribution in [2.75, 3.05) is 23.2 Å². The van der Waals surface area contributed by atoms with Crippen LogP contribution in [0.2, 0.25) is 0 Å². The van der Waals surface area contributed by atoms with Crippen molar-refractivity contribution in [1.82, 2.24) is 9.97 Å². The van der Waals surface area contributed by atoms with Gasteiger partial charge in [0.2, 0.25) is 12.7 Å². The Morgan fingerprint density at radius 2 is 2.07 bits per heavy atom. The van der Waals surface area contributed by atoms with Crippen molar-refractivity contribution >= 4 is 45.7 Å². The third-order valence-electron chi connectivity index (χ3n) is 3.85. The van der Waals surface area contributed by atoms with Crippen LogP contribution in [0.4, 0.5) is 10.8 Å². The number of thiazole rings is 1. The molecule has 2 N–H and O–H groups in total. The summed E-state index contributed by atoms with van der Waals surface area (Å²) in [4.78, 5) is 33.4. The number of nitrogens with zero attached hydrogens (tertiary/aromatic N) is 2. The van der Waals surface area contributed by atoms with Crippen LogP contribution in [0.15, 0.2) is 46.9 Å². The Morgan fingerprint density at radius 1 is 1.21 bits per heavy atom. The van der Waals surface area contributed by atoms with E-state index in [0.717, 1.165) is 5.69 Å². The number of benzene rings is 1. The minimum absolute atomic E-state index is 0.0993. The van der Waals surface area contributed by atoms with Crippen LogP contribution in [0.25, 0.3) is 0 Å². The van der Waals surface area contributed by atoms with Gasteiger partial charge in [0.25, 0.3) is 5.91 Å². The van der Waals surface area contributed by atoms with Crippen molar-refractivity contribution in [2.24, 2.45) is 0 Å². The SMILES string of the molecule is Cc1csc(NC(=O)c2cccnc2SCC(=O)Nc2ccc3c(c2)OCO3)n1. The Morgan fingerprint density at radius 3 is 2.90 bits per heavy atom. The van der Waals surface area contributed by atoms with Gasteiger partial charge in [0, 0.05) is 23.3 Å². The smallest absolute Gasteiger partial charge is 0.260 e. The number of ether oxygens (including phenoxy) is 2. The van der Waals surface area contributed by atoms with Crippen molar-refractivity contribution < 1.29 is 19.1 Å². The molecule has 0 radical (unpaired) electrons. The zero-order valence-electron chi connectivity index (χ0n) is 15.3. The highest BCUT2D eigenvalue weighted by Gasteiger charge is 2.17. The zero-order chi connectivity index (χ0) is 20.2. The van der Waals surface area contributed by atoms with E-state index in [-0.39, 0.29) is 24.4 Å². The first-order valence-electron chi connectivity index (χ1n) is 8.59. The molecule has 0 unspecified atom stereocenters. The Bertz CT molecular complexity index is 1070. The maximum atomic E-state index is 12.6. The lowest BCUT2D eigenvalue weighted by Gasteiger charge is -2.08. The van der Waals surface area contributed by atoms with Crippen LogP contribution in [0.5, 0.6) is 11.5 Å². The molecule has 2 aromatic heterocycles. The normalized spacial score (nSPS) is 11.9. The summed E-state index contributed by atoms with van der Waals surface area (Å²) in [5.74, 6) is 0.809. The number of nitrogens with one attached hydrogen (secondary N) is 2. The number of aryl methyl sites for hydroxylation is 1. The molecule has 29 heavy (non-hydrogen) atoms. The second-order valence-corrected chi connectivity index (χ2v) is 7.83. The van der Waals surface area contributed by atoms with Gasteiger partial charge in [-0.25, -0.2) is 9.97 Å². The van der Waals surface area contributed by atoms with Gasteiger partial charge in [0.15, 0.2) is 16.6 Å². The van der Waals surface area contributed by atoms with E-state index < -0.39 is 0 Å². The van der Waals surface area contributed by atoms with Gasteiger partial charge in [-0.2, -0.15) is 0 Å². The fraction of sp³-hybridized carbons (Fsp3) is 0.158. The number of hydrogen-bond donors (Lipinski definition) is 2. The summed E-state index contributed by atoms with van der Waals surface area (Å²) in [6.07, 6.45) is 1.59. The number of anilines is 2.